The third kappa shape index (κ3) is 4.04. The van der Waals surface area contributed by atoms with Crippen LogP contribution in [0.2, 0.25) is 0 Å². The molecule has 1 aromatic rings. The summed E-state index contributed by atoms with van der Waals surface area (Å²) in [6.45, 7) is 11.1. The van der Waals surface area contributed by atoms with E-state index in [1.807, 2.05) is 11.3 Å². The highest BCUT2D eigenvalue weighted by atomic mass is 32.1. The predicted octanol–water partition coefficient (Wildman–Crippen LogP) is 3.82. The van der Waals surface area contributed by atoms with E-state index in [-0.39, 0.29) is 5.41 Å². The van der Waals surface area contributed by atoms with Gasteiger partial charge in [0, 0.05) is 29.5 Å². The van der Waals surface area contributed by atoms with Crippen LogP contribution in [0.3, 0.4) is 0 Å². The minimum absolute atomic E-state index is 0.222. The lowest BCUT2D eigenvalue weighted by molar-refractivity contribution is -0.0248. The van der Waals surface area contributed by atoms with Crippen LogP contribution in [-0.4, -0.2) is 25.3 Å². The highest BCUT2D eigenvalue weighted by Gasteiger charge is 2.27. The van der Waals surface area contributed by atoms with Crippen LogP contribution in [0.15, 0.2) is 17.5 Å². The zero-order valence-corrected chi connectivity index (χ0v) is 13.4. The monoisotopic (exact) mass is 281 g/mol. The lowest BCUT2D eigenvalue weighted by Crippen LogP contribution is -2.44. The maximum absolute atomic E-state index is 5.84. The Hall–Kier alpha value is -0.380. The first kappa shape index (κ1) is 15.0. The zero-order valence-electron chi connectivity index (χ0n) is 12.6. The van der Waals surface area contributed by atoms with Gasteiger partial charge in [-0.15, -0.1) is 11.3 Å². The molecule has 0 spiro atoms. The summed E-state index contributed by atoms with van der Waals surface area (Å²) in [6, 6.07) is 5.00. The Balaban J connectivity index is 1.85. The van der Waals surface area contributed by atoms with Gasteiger partial charge in [-0.2, -0.15) is 0 Å². The summed E-state index contributed by atoms with van der Waals surface area (Å²) in [5.74, 6) is 0.620. The summed E-state index contributed by atoms with van der Waals surface area (Å²) < 4.78 is 5.84. The van der Waals surface area contributed by atoms with Gasteiger partial charge in [-0.05, 0) is 30.2 Å². The molecule has 108 valence electrons. The average Bonchev–Trinajstić information content (AvgIpc) is 2.91. The van der Waals surface area contributed by atoms with Crippen molar-refractivity contribution in [2.45, 2.75) is 58.1 Å². The van der Waals surface area contributed by atoms with Gasteiger partial charge in [0.15, 0.2) is 0 Å². The molecule has 1 aliphatic rings. The van der Waals surface area contributed by atoms with Gasteiger partial charge in [0.2, 0.25) is 0 Å². The van der Waals surface area contributed by atoms with Gasteiger partial charge in [0.25, 0.3) is 0 Å². The van der Waals surface area contributed by atoms with Crippen LogP contribution in [0.1, 0.15) is 45.4 Å². The van der Waals surface area contributed by atoms with Crippen LogP contribution in [-0.2, 0) is 10.2 Å². The summed E-state index contributed by atoms with van der Waals surface area (Å²) in [6.07, 6.45) is 2.72. The Morgan fingerprint density at radius 2 is 2.26 bits per heavy atom. The molecule has 1 saturated heterocycles. The average molecular weight is 281 g/mol. The second-order valence-corrected chi connectivity index (χ2v) is 7.56. The van der Waals surface area contributed by atoms with Crippen molar-refractivity contribution < 1.29 is 4.74 Å². The van der Waals surface area contributed by atoms with E-state index in [0.717, 1.165) is 26.0 Å². The molecule has 1 fully saturated rings. The van der Waals surface area contributed by atoms with Crippen molar-refractivity contribution in [3.63, 3.8) is 0 Å². The second kappa shape index (κ2) is 6.38. The van der Waals surface area contributed by atoms with E-state index in [1.165, 1.54) is 4.88 Å². The van der Waals surface area contributed by atoms with Crippen LogP contribution in [0.25, 0.3) is 0 Å². The molecule has 0 aromatic carbocycles. The second-order valence-electron chi connectivity index (χ2n) is 6.62. The van der Waals surface area contributed by atoms with Crippen LogP contribution < -0.4 is 5.32 Å². The Morgan fingerprint density at radius 3 is 2.89 bits per heavy atom. The van der Waals surface area contributed by atoms with Gasteiger partial charge in [0.05, 0.1) is 6.10 Å². The van der Waals surface area contributed by atoms with E-state index in [2.05, 4.69) is 50.5 Å². The van der Waals surface area contributed by atoms with E-state index in [4.69, 9.17) is 4.74 Å². The Labute approximate surface area is 121 Å². The maximum atomic E-state index is 5.84. The summed E-state index contributed by atoms with van der Waals surface area (Å²) in [4.78, 5) is 1.47. The number of thiophene rings is 1. The van der Waals surface area contributed by atoms with Crippen molar-refractivity contribution in [3.05, 3.63) is 22.4 Å². The van der Waals surface area contributed by atoms with Gasteiger partial charge < -0.3 is 10.1 Å². The summed E-state index contributed by atoms with van der Waals surface area (Å²) >= 11 is 1.86. The highest BCUT2D eigenvalue weighted by molar-refractivity contribution is 7.10. The van der Waals surface area contributed by atoms with E-state index in [0.29, 0.717) is 18.1 Å². The molecule has 2 rings (SSSR count). The van der Waals surface area contributed by atoms with Gasteiger partial charge in [0.1, 0.15) is 0 Å². The van der Waals surface area contributed by atoms with E-state index in [1.54, 1.807) is 0 Å². The number of nitrogens with one attached hydrogen (secondary N) is 1. The molecular formula is C16H27NOS. The predicted molar refractivity (Wildman–Crippen MR) is 82.9 cm³/mol. The van der Waals surface area contributed by atoms with Crippen LogP contribution >= 0.6 is 11.3 Å². The molecule has 19 heavy (non-hydrogen) atoms. The van der Waals surface area contributed by atoms with E-state index >= 15 is 0 Å². The largest absolute Gasteiger partial charge is 0.378 e. The molecule has 0 aliphatic carbocycles. The fourth-order valence-electron chi connectivity index (χ4n) is 2.63. The first-order valence-corrected chi connectivity index (χ1v) is 8.26. The molecule has 0 amide bonds. The van der Waals surface area contributed by atoms with Gasteiger partial charge in [-0.25, -0.2) is 0 Å². The molecular weight excluding hydrogens is 254 g/mol. The molecule has 0 radical (unpaired) electrons. The molecule has 0 saturated carbocycles. The van der Waals surface area contributed by atoms with Crippen LogP contribution in [0.5, 0.6) is 0 Å². The molecule has 0 bridgehead atoms. The molecule has 3 heteroatoms. The summed E-state index contributed by atoms with van der Waals surface area (Å²) in [7, 11) is 0. The fourth-order valence-corrected chi connectivity index (χ4v) is 3.48. The molecule has 1 N–H and O–H groups in total. The smallest absolute Gasteiger partial charge is 0.0612 e. The third-order valence-electron chi connectivity index (χ3n) is 4.08. The van der Waals surface area contributed by atoms with Gasteiger partial charge >= 0.3 is 0 Å². The molecule has 2 nitrogen and oxygen atoms in total. The molecule has 1 aromatic heterocycles. The Bertz CT molecular complexity index is 372. The topological polar surface area (TPSA) is 21.3 Å². The van der Waals surface area contributed by atoms with Gasteiger partial charge in [-0.3, -0.25) is 0 Å². The minimum atomic E-state index is 0.222. The molecule has 1 aliphatic heterocycles. The quantitative estimate of drug-likeness (QED) is 0.886. The van der Waals surface area contributed by atoms with Crippen molar-refractivity contribution in [1.29, 1.82) is 0 Å². The molecule has 2 atom stereocenters. The lowest BCUT2D eigenvalue weighted by atomic mass is 9.89. The van der Waals surface area contributed by atoms with Crippen LogP contribution in [0, 0.1) is 5.92 Å². The first-order valence-electron chi connectivity index (χ1n) is 7.38. The molecule has 2 heterocycles. The lowest BCUT2D eigenvalue weighted by Gasteiger charge is -2.34. The summed E-state index contributed by atoms with van der Waals surface area (Å²) in [5.41, 5.74) is 0.222. The van der Waals surface area contributed by atoms with Crippen molar-refractivity contribution in [3.8, 4) is 0 Å². The highest BCUT2D eigenvalue weighted by Crippen LogP contribution is 2.27. The van der Waals surface area contributed by atoms with E-state index < -0.39 is 0 Å². The number of hydrogen-bond donors (Lipinski definition) is 1. The van der Waals surface area contributed by atoms with Crippen LogP contribution in [0.4, 0.5) is 0 Å². The van der Waals surface area contributed by atoms with E-state index in [9.17, 15) is 0 Å². The minimum Gasteiger partial charge on any atom is -0.378 e. The van der Waals surface area contributed by atoms with Gasteiger partial charge in [-0.1, -0.05) is 33.8 Å². The van der Waals surface area contributed by atoms with Crippen molar-refractivity contribution in [2.75, 3.05) is 13.2 Å². The SMILES string of the molecule is CC(C)C1CC(NCC(C)(C)c2cccs2)CCO1. The zero-order chi connectivity index (χ0) is 13.9. The maximum Gasteiger partial charge on any atom is 0.0612 e. The number of rotatable bonds is 5. The molecule has 2 unspecified atom stereocenters. The van der Waals surface area contributed by atoms with Crippen molar-refractivity contribution in [1.82, 2.24) is 5.32 Å². The number of hydrogen-bond acceptors (Lipinski definition) is 3. The first-order chi connectivity index (χ1) is 8.99. The number of ether oxygens (including phenoxy) is 1. The Morgan fingerprint density at radius 1 is 1.47 bits per heavy atom. The normalized spacial score (nSPS) is 24.9. The van der Waals surface area contributed by atoms with Crippen molar-refractivity contribution in [2.24, 2.45) is 5.92 Å². The fraction of sp³-hybridized carbons (Fsp3) is 0.750. The Kier molecular flexibility index (Phi) is 5.04. The standard InChI is InChI=1S/C16H27NOS/c1-12(2)14-10-13(7-8-18-14)17-11-16(3,4)15-6-5-9-19-15/h5-6,9,12-14,17H,7-8,10-11H2,1-4H3. The summed E-state index contributed by atoms with van der Waals surface area (Å²) in [5, 5.41) is 5.93. The third-order valence-corrected chi connectivity index (χ3v) is 5.32. The van der Waals surface area contributed by atoms with Crippen molar-refractivity contribution >= 4 is 11.3 Å².